The normalized spacial score (nSPS) is 10.0. The van der Waals surface area contributed by atoms with E-state index in [1.54, 1.807) is 38.3 Å². The van der Waals surface area contributed by atoms with E-state index in [4.69, 9.17) is 4.74 Å². The van der Waals surface area contributed by atoms with Gasteiger partial charge in [-0.15, -0.1) is 0 Å². The van der Waals surface area contributed by atoms with Gasteiger partial charge in [-0.3, -0.25) is 9.59 Å². The van der Waals surface area contributed by atoms with Crippen molar-refractivity contribution in [1.29, 1.82) is 0 Å². The van der Waals surface area contributed by atoms with Crippen LogP contribution >= 0.6 is 0 Å². The predicted octanol–water partition coefficient (Wildman–Crippen LogP) is 1.80. The van der Waals surface area contributed by atoms with Gasteiger partial charge in [0.05, 0.1) is 11.3 Å². The highest BCUT2D eigenvalue weighted by atomic mass is 16.5. The molecule has 0 atom stereocenters. The average Bonchev–Trinajstić information content (AvgIpc) is 2.43. The first-order chi connectivity index (χ1) is 9.19. The van der Waals surface area contributed by atoms with Crippen molar-refractivity contribution in [1.82, 2.24) is 5.32 Å². The maximum Gasteiger partial charge on any atom is 0.253 e. The molecule has 2 amide bonds. The van der Waals surface area contributed by atoms with Crippen LogP contribution in [0.2, 0.25) is 0 Å². The van der Waals surface area contributed by atoms with E-state index < -0.39 is 0 Å². The van der Waals surface area contributed by atoms with Gasteiger partial charge >= 0.3 is 0 Å². The quantitative estimate of drug-likeness (QED) is 0.738. The fourth-order valence-corrected chi connectivity index (χ4v) is 1.54. The highest BCUT2D eigenvalue weighted by molar-refractivity contribution is 6.03. The number of carbonyl (C=O) groups excluding carboxylic acids is 2. The van der Waals surface area contributed by atoms with Gasteiger partial charge in [-0.25, -0.2) is 0 Å². The summed E-state index contributed by atoms with van der Waals surface area (Å²) in [5.74, 6) is -0.303. The Morgan fingerprint density at radius 1 is 1.26 bits per heavy atom. The molecule has 0 heterocycles. The number of para-hydroxylation sites is 1. The van der Waals surface area contributed by atoms with Crippen LogP contribution in [0.3, 0.4) is 0 Å². The molecule has 1 rings (SSSR count). The summed E-state index contributed by atoms with van der Waals surface area (Å²) in [7, 11) is 1.62. The third-order valence-corrected chi connectivity index (χ3v) is 2.58. The largest absolute Gasteiger partial charge is 0.385 e. The number of nitrogens with one attached hydrogen (secondary N) is 2. The summed E-state index contributed by atoms with van der Waals surface area (Å²) in [5.41, 5.74) is 1.01. The van der Waals surface area contributed by atoms with Gasteiger partial charge in [-0.1, -0.05) is 19.1 Å². The highest BCUT2D eigenvalue weighted by Gasteiger charge is 2.11. The summed E-state index contributed by atoms with van der Waals surface area (Å²) in [5, 5.41) is 5.51. The number of hydrogen-bond donors (Lipinski definition) is 2. The molecule has 0 radical (unpaired) electrons. The van der Waals surface area contributed by atoms with Gasteiger partial charge in [0.15, 0.2) is 0 Å². The van der Waals surface area contributed by atoms with Crippen LogP contribution < -0.4 is 10.6 Å². The lowest BCUT2D eigenvalue weighted by atomic mass is 10.1. The lowest BCUT2D eigenvalue weighted by molar-refractivity contribution is -0.115. The third kappa shape index (κ3) is 5.09. The van der Waals surface area contributed by atoms with Gasteiger partial charge in [0.1, 0.15) is 0 Å². The third-order valence-electron chi connectivity index (χ3n) is 2.58. The summed E-state index contributed by atoms with van der Waals surface area (Å²) < 4.78 is 4.91. The number of methoxy groups -OCH3 is 1. The Bertz CT molecular complexity index is 432. The van der Waals surface area contributed by atoms with Crippen molar-refractivity contribution < 1.29 is 14.3 Å². The molecule has 0 unspecified atom stereocenters. The van der Waals surface area contributed by atoms with E-state index in [2.05, 4.69) is 10.6 Å². The van der Waals surface area contributed by atoms with Gasteiger partial charge in [0, 0.05) is 26.7 Å². The van der Waals surface area contributed by atoms with E-state index in [9.17, 15) is 9.59 Å². The fraction of sp³-hybridized carbons (Fsp3) is 0.429. The van der Waals surface area contributed by atoms with Crippen molar-refractivity contribution in [3.05, 3.63) is 29.8 Å². The SMILES string of the molecule is CCC(=O)Nc1ccccc1C(=O)NCCCOC. The van der Waals surface area contributed by atoms with E-state index in [1.807, 2.05) is 0 Å². The average molecular weight is 264 g/mol. The molecule has 0 aliphatic heterocycles. The van der Waals surface area contributed by atoms with Crippen LogP contribution in [0.15, 0.2) is 24.3 Å². The van der Waals surface area contributed by atoms with E-state index in [-0.39, 0.29) is 11.8 Å². The molecule has 1 aromatic rings. The molecule has 1 aromatic carbocycles. The molecule has 0 fully saturated rings. The van der Waals surface area contributed by atoms with Crippen LogP contribution in [0.25, 0.3) is 0 Å². The van der Waals surface area contributed by atoms with Crippen molar-refractivity contribution in [3.8, 4) is 0 Å². The topological polar surface area (TPSA) is 67.4 Å². The first kappa shape index (κ1) is 15.2. The molecule has 0 saturated heterocycles. The van der Waals surface area contributed by atoms with Gasteiger partial charge in [0.2, 0.25) is 5.91 Å². The van der Waals surface area contributed by atoms with Crippen LogP contribution in [-0.2, 0) is 9.53 Å². The molecule has 5 heteroatoms. The molecule has 0 aromatic heterocycles. The Kier molecular flexibility index (Phi) is 6.60. The van der Waals surface area contributed by atoms with Crippen LogP contribution in [0.4, 0.5) is 5.69 Å². The molecule has 5 nitrogen and oxygen atoms in total. The smallest absolute Gasteiger partial charge is 0.253 e. The Morgan fingerprint density at radius 3 is 2.68 bits per heavy atom. The van der Waals surface area contributed by atoms with E-state index in [0.717, 1.165) is 6.42 Å². The van der Waals surface area contributed by atoms with Crippen LogP contribution in [-0.4, -0.2) is 32.1 Å². The van der Waals surface area contributed by atoms with Crippen molar-refractivity contribution >= 4 is 17.5 Å². The fourth-order valence-electron chi connectivity index (χ4n) is 1.54. The molecule has 0 aliphatic carbocycles. The van der Waals surface area contributed by atoms with Crippen LogP contribution in [0.1, 0.15) is 30.1 Å². The Hall–Kier alpha value is -1.88. The van der Waals surface area contributed by atoms with Gasteiger partial charge in [-0.05, 0) is 18.6 Å². The zero-order valence-corrected chi connectivity index (χ0v) is 11.4. The maximum absolute atomic E-state index is 12.0. The van der Waals surface area contributed by atoms with Crippen LogP contribution in [0, 0.1) is 0 Å². The number of rotatable bonds is 7. The second-order valence-corrected chi connectivity index (χ2v) is 4.05. The summed E-state index contributed by atoms with van der Waals surface area (Å²) in [6.07, 6.45) is 1.13. The maximum atomic E-state index is 12.0. The molecule has 0 saturated carbocycles. The zero-order chi connectivity index (χ0) is 14.1. The number of carbonyl (C=O) groups is 2. The summed E-state index contributed by atoms with van der Waals surface area (Å²) in [6.45, 7) is 2.92. The first-order valence-electron chi connectivity index (χ1n) is 6.35. The van der Waals surface area contributed by atoms with Crippen molar-refractivity contribution in [3.63, 3.8) is 0 Å². The lowest BCUT2D eigenvalue weighted by Crippen LogP contribution is -2.26. The lowest BCUT2D eigenvalue weighted by Gasteiger charge is -2.10. The number of benzene rings is 1. The van der Waals surface area contributed by atoms with E-state index in [0.29, 0.717) is 30.8 Å². The van der Waals surface area contributed by atoms with Gasteiger partial charge in [-0.2, -0.15) is 0 Å². The minimum Gasteiger partial charge on any atom is -0.385 e. The number of ether oxygens (including phenoxy) is 1. The molecular weight excluding hydrogens is 244 g/mol. The Morgan fingerprint density at radius 2 is 2.00 bits per heavy atom. The molecule has 0 aliphatic rings. The molecule has 104 valence electrons. The molecule has 0 bridgehead atoms. The van der Waals surface area contributed by atoms with Crippen LogP contribution in [0.5, 0.6) is 0 Å². The molecule has 0 spiro atoms. The number of amides is 2. The van der Waals surface area contributed by atoms with Crippen molar-refractivity contribution in [2.24, 2.45) is 0 Å². The second kappa shape index (κ2) is 8.26. The molecule has 2 N–H and O–H groups in total. The molecule has 19 heavy (non-hydrogen) atoms. The standard InChI is InChI=1S/C14H20N2O3/c1-3-13(17)16-12-8-5-4-7-11(12)14(18)15-9-6-10-19-2/h4-5,7-8H,3,6,9-10H2,1-2H3,(H,15,18)(H,16,17). The van der Waals surface area contributed by atoms with Crippen molar-refractivity contribution in [2.75, 3.05) is 25.6 Å². The summed E-state index contributed by atoms with van der Waals surface area (Å²) in [6, 6.07) is 6.97. The Labute approximate surface area is 113 Å². The number of anilines is 1. The van der Waals surface area contributed by atoms with E-state index in [1.165, 1.54) is 0 Å². The predicted molar refractivity (Wildman–Crippen MR) is 74.2 cm³/mol. The highest BCUT2D eigenvalue weighted by Crippen LogP contribution is 2.15. The van der Waals surface area contributed by atoms with Crippen molar-refractivity contribution in [2.45, 2.75) is 19.8 Å². The molecular formula is C14H20N2O3. The van der Waals surface area contributed by atoms with E-state index >= 15 is 0 Å². The summed E-state index contributed by atoms with van der Waals surface area (Å²) >= 11 is 0. The van der Waals surface area contributed by atoms with Gasteiger partial charge in [0.25, 0.3) is 5.91 Å². The second-order valence-electron chi connectivity index (χ2n) is 4.05. The minimum atomic E-state index is -0.192. The summed E-state index contributed by atoms with van der Waals surface area (Å²) in [4.78, 5) is 23.4. The Balaban J connectivity index is 2.65. The zero-order valence-electron chi connectivity index (χ0n) is 11.4. The minimum absolute atomic E-state index is 0.111. The monoisotopic (exact) mass is 264 g/mol. The van der Waals surface area contributed by atoms with Gasteiger partial charge < -0.3 is 15.4 Å². The number of hydrogen-bond acceptors (Lipinski definition) is 3. The first-order valence-corrected chi connectivity index (χ1v) is 6.35.